The van der Waals surface area contributed by atoms with E-state index in [1.165, 1.54) is 21.9 Å². The topological polar surface area (TPSA) is 70.4 Å². The molecule has 0 spiro atoms. The predicted octanol–water partition coefficient (Wildman–Crippen LogP) is 2.16. The van der Waals surface area contributed by atoms with Crippen LogP contribution in [-0.4, -0.2) is 57.4 Å². The molecule has 4 rings (SSSR count). The van der Waals surface area contributed by atoms with Crippen molar-refractivity contribution in [2.45, 2.75) is 44.6 Å². The second kappa shape index (κ2) is 8.39. The van der Waals surface area contributed by atoms with Crippen molar-refractivity contribution in [2.24, 2.45) is 5.92 Å². The Balaban J connectivity index is 1.28. The molecule has 1 aromatic carbocycles. The number of aliphatic hydroxyl groups excluding tert-OH is 1. The Kier molecular flexibility index (Phi) is 5.84. The molecule has 0 fully saturated rings. The van der Waals surface area contributed by atoms with E-state index in [1.54, 1.807) is 0 Å². The Morgan fingerprint density at radius 2 is 2.03 bits per heavy atom. The molecule has 1 aromatic heterocycles. The second-order valence-corrected chi connectivity index (χ2v) is 8.09. The van der Waals surface area contributed by atoms with Gasteiger partial charge in [0.05, 0.1) is 12.0 Å². The minimum Gasteiger partial charge on any atom is -0.390 e. The molecule has 0 saturated heterocycles. The summed E-state index contributed by atoms with van der Waals surface area (Å²) in [7, 11) is 0. The summed E-state index contributed by atoms with van der Waals surface area (Å²) in [5.74, 6) is -1.40. The van der Waals surface area contributed by atoms with Crippen LogP contribution < -0.4 is 5.32 Å². The Labute approximate surface area is 172 Å². The van der Waals surface area contributed by atoms with E-state index < -0.39 is 24.1 Å². The second-order valence-electron chi connectivity index (χ2n) is 8.09. The highest BCUT2D eigenvalue weighted by Crippen LogP contribution is 2.34. The number of alkyl halides is 3. The van der Waals surface area contributed by atoms with Gasteiger partial charge in [0, 0.05) is 45.3 Å². The number of rotatable bonds is 5. The maximum Gasteiger partial charge on any atom is 0.393 e. The lowest BCUT2D eigenvalue weighted by atomic mass is 9.99. The molecule has 2 aliphatic rings. The molecule has 0 saturated carbocycles. The Morgan fingerprint density at radius 1 is 1.27 bits per heavy atom. The minimum atomic E-state index is -4.25. The van der Waals surface area contributed by atoms with Gasteiger partial charge in [0.2, 0.25) is 0 Å². The van der Waals surface area contributed by atoms with Gasteiger partial charge < -0.3 is 15.0 Å². The summed E-state index contributed by atoms with van der Waals surface area (Å²) < 4.78 is 40.2. The lowest BCUT2D eigenvalue weighted by molar-refractivity contribution is -0.182. The number of carbonyl (C=O) groups is 1. The molecule has 6 nitrogen and oxygen atoms in total. The molecular formula is C21H25F3N4O2. The lowest BCUT2D eigenvalue weighted by Crippen LogP contribution is -2.42. The highest BCUT2D eigenvalue weighted by atomic mass is 19.4. The van der Waals surface area contributed by atoms with Crippen LogP contribution in [0.15, 0.2) is 30.5 Å². The number of aliphatic hydroxyl groups is 1. The maximum atomic E-state index is 12.9. The molecule has 1 amide bonds. The zero-order chi connectivity index (χ0) is 21.3. The van der Waals surface area contributed by atoms with E-state index in [0.717, 1.165) is 19.5 Å². The minimum absolute atomic E-state index is 0.0146. The van der Waals surface area contributed by atoms with Crippen LogP contribution >= 0.6 is 0 Å². The van der Waals surface area contributed by atoms with Gasteiger partial charge in [-0.3, -0.25) is 9.69 Å². The van der Waals surface area contributed by atoms with Crippen molar-refractivity contribution in [3.8, 4) is 0 Å². The highest BCUT2D eigenvalue weighted by molar-refractivity contribution is 5.92. The van der Waals surface area contributed by atoms with E-state index >= 15 is 0 Å². The third kappa shape index (κ3) is 4.67. The van der Waals surface area contributed by atoms with Crippen LogP contribution in [-0.2, 0) is 25.9 Å². The van der Waals surface area contributed by atoms with E-state index in [4.69, 9.17) is 0 Å². The molecule has 2 aromatic rings. The summed E-state index contributed by atoms with van der Waals surface area (Å²) in [6.07, 6.45) is -2.52. The van der Waals surface area contributed by atoms with Gasteiger partial charge in [0.25, 0.3) is 5.91 Å². The van der Waals surface area contributed by atoms with Crippen LogP contribution in [0.3, 0.4) is 0 Å². The van der Waals surface area contributed by atoms with Crippen molar-refractivity contribution in [2.75, 3.05) is 19.6 Å². The van der Waals surface area contributed by atoms with Crippen molar-refractivity contribution in [1.82, 2.24) is 19.8 Å². The van der Waals surface area contributed by atoms with Gasteiger partial charge in [-0.1, -0.05) is 24.3 Å². The van der Waals surface area contributed by atoms with Crippen LogP contribution in [0, 0.1) is 5.92 Å². The fourth-order valence-corrected chi connectivity index (χ4v) is 4.19. The van der Waals surface area contributed by atoms with Crippen LogP contribution in [0.2, 0.25) is 0 Å². The number of nitrogens with zero attached hydrogens (tertiary/aromatic N) is 3. The van der Waals surface area contributed by atoms with Crippen molar-refractivity contribution < 1.29 is 23.1 Å². The number of fused-ring (bicyclic) bond motifs is 2. The molecule has 3 heterocycles. The number of halogens is 3. The summed E-state index contributed by atoms with van der Waals surface area (Å²) >= 11 is 0. The first-order valence-electron chi connectivity index (χ1n) is 10.2. The third-order valence-electron chi connectivity index (χ3n) is 5.87. The third-order valence-corrected chi connectivity index (χ3v) is 5.87. The van der Waals surface area contributed by atoms with Gasteiger partial charge in [0.1, 0.15) is 11.5 Å². The molecular weight excluding hydrogens is 397 g/mol. The van der Waals surface area contributed by atoms with Gasteiger partial charge in [-0.05, 0) is 24.0 Å². The van der Waals surface area contributed by atoms with Crippen LogP contribution in [0.5, 0.6) is 0 Å². The van der Waals surface area contributed by atoms with E-state index in [0.29, 0.717) is 12.4 Å². The van der Waals surface area contributed by atoms with Crippen molar-refractivity contribution in [1.29, 1.82) is 0 Å². The van der Waals surface area contributed by atoms with Gasteiger partial charge in [-0.25, -0.2) is 4.98 Å². The lowest BCUT2D eigenvalue weighted by Gasteiger charge is -2.30. The normalized spacial score (nSPS) is 20.3. The summed E-state index contributed by atoms with van der Waals surface area (Å²) in [6.45, 7) is 1.88. The van der Waals surface area contributed by atoms with Gasteiger partial charge in [0.15, 0.2) is 0 Å². The predicted molar refractivity (Wildman–Crippen MR) is 104 cm³/mol. The Hall–Kier alpha value is -2.39. The fourth-order valence-electron chi connectivity index (χ4n) is 4.19. The van der Waals surface area contributed by atoms with E-state index in [-0.39, 0.29) is 31.6 Å². The standard InChI is InChI=1S/C21H25F3N4O2/c22-21(23,24)16-5-6-19-26-18(13-28(19)11-16)20(30)25-9-17(29)12-27-8-7-14-3-1-2-4-15(14)10-27/h1-4,13,16-17,29H,5-12H2,(H,25,30). The quantitative estimate of drug-likeness (QED) is 0.775. The Bertz CT molecular complexity index is 912. The number of hydrogen-bond acceptors (Lipinski definition) is 4. The number of aromatic nitrogens is 2. The number of carbonyl (C=O) groups excluding carboxylic acids is 1. The molecule has 0 radical (unpaired) electrons. The summed E-state index contributed by atoms with van der Waals surface area (Å²) in [4.78, 5) is 18.7. The summed E-state index contributed by atoms with van der Waals surface area (Å²) in [5, 5.41) is 13.0. The van der Waals surface area contributed by atoms with Gasteiger partial charge >= 0.3 is 6.18 Å². The zero-order valence-electron chi connectivity index (χ0n) is 16.5. The first kappa shape index (κ1) is 20.9. The number of imidazole rings is 1. The first-order valence-corrected chi connectivity index (χ1v) is 10.2. The number of amides is 1. The van der Waals surface area contributed by atoms with E-state index in [2.05, 4.69) is 27.3 Å². The average Bonchev–Trinajstić information content (AvgIpc) is 3.15. The monoisotopic (exact) mass is 422 g/mol. The van der Waals surface area contributed by atoms with Crippen LogP contribution in [0.25, 0.3) is 0 Å². The zero-order valence-corrected chi connectivity index (χ0v) is 16.5. The number of benzene rings is 1. The van der Waals surface area contributed by atoms with Gasteiger partial charge in [-0.2, -0.15) is 13.2 Å². The molecule has 2 N–H and O–H groups in total. The highest BCUT2D eigenvalue weighted by Gasteiger charge is 2.41. The molecule has 0 aliphatic carbocycles. The first-order chi connectivity index (χ1) is 14.3. The molecule has 2 atom stereocenters. The molecule has 2 aliphatic heterocycles. The number of hydrogen-bond donors (Lipinski definition) is 2. The molecule has 9 heteroatoms. The SMILES string of the molecule is O=C(NCC(O)CN1CCc2ccccc2C1)c1cn2c(n1)CCC(C(F)(F)F)C2. The number of aryl methyl sites for hydroxylation is 1. The Morgan fingerprint density at radius 3 is 2.80 bits per heavy atom. The smallest absolute Gasteiger partial charge is 0.390 e. The van der Waals surface area contributed by atoms with E-state index in [9.17, 15) is 23.1 Å². The summed E-state index contributed by atoms with van der Waals surface area (Å²) in [5.41, 5.74) is 2.67. The molecule has 162 valence electrons. The average molecular weight is 422 g/mol. The maximum absolute atomic E-state index is 12.9. The number of nitrogens with one attached hydrogen (secondary N) is 1. The summed E-state index contributed by atoms with van der Waals surface area (Å²) in [6, 6.07) is 8.22. The largest absolute Gasteiger partial charge is 0.393 e. The van der Waals surface area contributed by atoms with Crippen LogP contribution in [0.1, 0.15) is 33.9 Å². The molecule has 2 unspecified atom stereocenters. The van der Waals surface area contributed by atoms with Crippen molar-refractivity contribution in [3.63, 3.8) is 0 Å². The van der Waals surface area contributed by atoms with Crippen molar-refractivity contribution in [3.05, 3.63) is 53.1 Å². The van der Waals surface area contributed by atoms with E-state index in [1.807, 2.05) is 12.1 Å². The van der Waals surface area contributed by atoms with Gasteiger partial charge in [-0.15, -0.1) is 0 Å². The molecule has 0 bridgehead atoms. The fraction of sp³-hybridized carbons (Fsp3) is 0.524. The van der Waals surface area contributed by atoms with Crippen LogP contribution in [0.4, 0.5) is 13.2 Å². The van der Waals surface area contributed by atoms with Crippen molar-refractivity contribution >= 4 is 5.91 Å². The molecule has 30 heavy (non-hydrogen) atoms. The number of β-amino-alcohol motifs (C(OH)–C–C–N with tert-alkyl or cyclic N) is 1.